The summed E-state index contributed by atoms with van der Waals surface area (Å²) in [4.78, 5) is 4.20. The predicted octanol–water partition coefficient (Wildman–Crippen LogP) is 6.22. The van der Waals surface area contributed by atoms with Gasteiger partial charge in [0, 0.05) is 17.0 Å². The van der Waals surface area contributed by atoms with E-state index in [9.17, 15) is 0 Å². The van der Waals surface area contributed by atoms with Gasteiger partial charge in [-0.3, -0.25) is 4.90 Å². The van der Waals surface area contributed by atoms with Gasteiger partial charge in [-0.2, -0.15) is 0 Å². The molecule has 0 aromatic heterocycles. The number of thiocarbonyl (C=S) groups is 1. The molecule has 1 aliphatic heterocycles. The molecule has 0 aliphatic carbocycles. The van der Waals surface area contributed by atoms with Crippen molar-refractivity contribution in [2.45, 2.75) is 30.7 Å². The lowest BCUT2D eigenvalue weighted by molar-refractivity contribution is 0.177. The number of likely N-dealkylation sites (tertiary alicyclic amines) is 1. The molecule has 0 spiro atoms. The molecule has 2 nitrogen and oxygen atoms in total. The van der Waals surface area contributed by atoms with E-state index in [1.807, 2.05) is 24.3 Å². The Morgan fingerprint density at radius 2 is 1.53 bits per heavy atom. The van der Waals surface area contributed by atoms with Gasteiger partial charge in [-0.25, -0.2) is 0 Å². The summed E-state index contributed by atoms with van der Waals surface area (Å²) in [5.41, 5.74) is 4.79. The highest BCUT2D eigenvalue weighted by Crippen LogP contribution is 2.23. The molecular weight excluding hydrogens is 404 g/mol. The molecule has 4 rings (SSSR count). The minimum Gasteiger partial charge on any atom is -0.345 e. The number of benzene rings is 3. The Labute approximate surface area is 190 Å². The van der Waals surface area contributed by atoms with E-state index in [2.05, 4.69) is 77.4 Å². The Kier molecular flexibility index (Phi) is 7.21. The fourth-order valence-corrected chi connectivity index (χ4v) is 4.55. The molecule has 0 amide bonds. The van der Waals surface area contributed by atoms with Gasteiger partial charge in [-0.1, -0.05) is 78.9 Å². The second-order valence-electron chi connectivity index (χ2n) is 8.08. The minimum absolute atomic E-state index is 0.727. The van der Waals surface area contributed by atoms with E-state index in [-0.39, 0.29) is 0 Å². The van der Waals surface area contributed by atoms with Gasteiger partial charge in [0.2, 0.25) is 0 Å². The zero-order chi connectivity index (χ0) is 20.8. The van der Waals surface area contributed by atoms with Gasteiger partial charge in [0.25, 0.3) is 0 Å². The standard InChI is InChI=1S/C26H28N2S2/c29-25-9-5-4-8-24(25)27-26(30)23-12-10-22(11-13-23)19-28-16-14-21(15-17-28)18-20-6-2-1-3-7-20/h1-13,21,29H,14-19H2,(H,27,30). The van der Waals surface area contributed by atoms with E-state index in [1.54, 1.807) is 0 Å². The molecule has 30 heavy (non-hydrogen) atoms. The third kappa shape index (κ3) is 5.72. The molecule has 154 valence electrons. The second kappa shape index (κ2) is 10.3. The smallest absolute Gasteiger partial charge is 0.111 e. The molecule has 1 heterocycles. The molecule has 4 heteroatoms. The van der Waals surface area contributed by atoms with Crippen molar-refractivity contribution in [3.63, 3.8) is 0 Å². The highest BCUT2D eigenvalue weighted by molar-refractivity contribution is 7.81. The molecule has 0 bridgehead atoms. The van der Waals surface area contributed by atoms with Gasteiger partial charge in [-0.05, 0) is 61.5 Å². The zero-order valence-electron chi connectivity index (χ0n) is 17.1. The zero-order valence-corrected chi connectivity index (χ0v) is 18.8. The summed E-state index contributed by atoms with van der Waals surface area (Å²) in [6, 6.07) is 27.4. The number of anilines is 1. The Morgan fingerprint density at radius 1 is 0.867 bits per heavy atom. The molecular formula is C26H28N2S2. The summed E-state index contributed by atoms with van der Waals surface area (Å²) in [5, 5.41) is 3.30. The van der Waals surface area contributed by atoms with Crippen LogP contribution in [0.25, 0.3) is 0 Å². The Hall–Kier alpha value is -2.14. The third-order valence-corrected chi connectivity index (χ3v) is 6.58. The first-order valence-electron chi connectivity index (χ1n) is 10.6. The van der Waals surface area contributed by atoms with Crippen LogP contribution in [-0.2, 0) is 13.0 Å². The van der Waals surface area contributed by atoms with Crippen molar-refractivity contribution in [3.05, 3.63) is 95.6 Å². The van der Waals surface area contributed by atoms with E-state index in [0.29, 0.717) is 0 Å². The number of hydrogen-bond donors (Lipinski definition) is 2. The van der Waals surface area contributed by atoms with Crippen LogP contribution in [0.15, 0.2) is 83.8 Å². The summed E-state index contributed by atoms with van der Waals surface area (Å²) >= 11 is 10.1. The lowest BCUT2D eigenvalue weighted by atomic mass is 9.90. The van der Waals surface area contributed by atoms with Crippen molar-refractivity contribution in [3.8, 4) is 0 Å². The number of nitrogens with zero attached hydrogens (tertiary/aromatic N) is 1. The maximum atomic E-state index is 5.58. The van der Waals surface area contributed by atoms with Crippen molar-refractivity contribution in [1.82, 2.24) is 4.90 Å². The van der Waals surface area contributed by atoms with E-state index in [4.69, 9.17) is 12.2 Å². The predicted molar refractivity (Wildman–Crippen MR) is 134 cm³/mol. The average molecular weight is 433 g/mol. The number of piperidine rings is 1. The van der Waals surface area contributed by atoms with Crippen LogP contribution in [0.4, 0.5) is 5.69 Å². The van der Waals surface area contributed by atoms with E-state index < -0.39 is 0 Å². The largest absolute Gasteiger partial charge is 0.345 e. The Balaban J connectivity index is 1.27. The molecule has 0 unspecified atom stereocenters. The van der Waals surface area contributed by atoms with Crippen molar-refractivity contribution in [2.24, 2.45) is 5.92 Å². The lowest BCUT2D eigenvalue weighted by Crippen LogP contribution is -2.33. The summed E-state index contributed by atoms with van der Waals surface area (Å²) < 4.78 is 0. The fourth-order valence-electron chi connectivity index (χ4n) is 4.09. The first-order valence-corrected chi connectivity index (χ1v) is 11.5. The van der Waals surface area contributed by atoms with Crippen LogP contribution in [0.1, 0.15) is 29.5 Å². The average Bonchev–Trinajstić information content (AvgIpc) is 2.78. The maximum absolute atomic E-state index is 5.58. The summed E-state index contributed by atoms with van der Waals surface area (Å²) in [5.74, 6) is 0.809. The van der Waals surface area contributed by atoms with Crippen LogP contribution in [0, 0.1) is 5.92 Å². The van der Waals surface area contributed by atoms with Crippen molar-refractivity contribution in [1.29, 1.82) is 0 Å². The number of hydrogen-bond acceptors (Lipinski definition) is 3. The molecule has 3 aromatic rings. The third-order valence-electron chi connectivity index (χ3n) is 5.85. The van der Waals surface area contributed by atoms with Crippen LogP contribution in [-0.4, -0.2) is 23.0 Å². The van der Waals surface area contributed by atoms with Crippen LogP contribution >= 0.6 is 24.8 Å². The van der Waals surface area contributed by atoms with Crippen LogP contribution in [0.2, 0.25) is 0 Å². The fraction of sp³-hybridized carbons (Fsp3) is 0.269. The highest BCUT2D eigenvalue weighted by atomic mass is 32.1. The number of thiol groups is 1. The van der Waals surface area contributed by atoms with E-state index >= 15 is 0 Å². The van der Waals surface area contributed by atoms with Gasteiger partial charge >= 0.3 is 0 Å². The minimum atomic E-state index is 0.727. The first-order chi connectivity index (χ1) is 14.7. The molecule has 1 saturated heterocycles. The van der Waals surface area contributed by atoms with Crippen LogP contribution in [0.5, 0.6) is 0 Å². The highest BCUT2D eigenvalue weighted by Gasteiger charge is 2.19. The maximum Gasteiger partial charge on any atom is 0.111 e. The van der Waals surface area contributed by atoms with Crippen molar-refractivity contribution >= 4 is 35.5 Å². The molecule has 0 atom stereocenters. The summed E-state index contributed by atoms with van der Waals surface area (Å²) in [6.45, 7) is 3.37. The van der Waals surface area contributed by atoms with E-state index in [0.717, 1.165) is 33.6 Å². The van der Waals surface area contributed by atoms with Gasteiger partial charge in [0.1, 0.15) is 4.99 Å². The molecule has 0 saturated carbocycles. The van der Waals surface area contributed by atoms with Gasteiger partial charge in [0.15, 0.2) is 0 Å². The van der Waals surface area contributed by atoms with Crippen molar-refractivity contribution in [2.75, 3.05) is 18.4 Å². The van der Waals surface area contributed by atoms with Gasteiger partial charge in [0.05, 0.1) is 5.69 Å². The molecule has 3 aromatic carbocycles. The number of rotatable bonds is 6. The van der Waals surface area contributed by atoms with Gasteiger partial charge < -0.3 is 5.32 Å². The van der Waals surface area contributed by atoms with E-state index in [1.165, 1.54) is 43.5 Å². The Bertz CT molecular complexity index is 962. The first kappa shape index (κ1) is 21.1. The Morgan fingerprint density at radius 3 is 2.23 bits per heavy atom. The summed E-state index contributed by atoms with van der Waals surface area (Å²) in [6.07, 6.45) is 3.78. The molecule has 0 radical (unpaired) electrons. The number of nitrogens with one attached hydrogen (secondary N) is 1. The monoisotopic (exact) mass is 432 g/mol. The molecule has 1 fully saturated rings. The van der Waals surface area contributed by atoms with Gasteiger partial charge in [-0.15, -0.1) is 12.6 Å². The topological polar surface area (TPSA) is 15.3 Å². The quantitative estimate of drug-likeness (QED) is 0.355. The lowest BCUT2D eigenvalue weighted by Gasteiger charge is -2.32. The molecule has 1 N–H and O–H groups in total. The number of para-hydroxylation sites is 1. The second-order valence-corrected chi connectivity index (χ2v) is 8.97. The SMILES string of the molecule is S=C(Nc1ccccc1S)c1ccc(CN2CCC(Cc3ccccc3)CC2)cc1. The normalized spacial score (nSPS) is 15.1. The van der Waals surface area contributed by atoms with Crippen molar-refractivity contribution < 1.29 is 0 Å². The molecule has 1 aliphatic rings. The van der Waals surface area contributed by atoms with Crippen LogP contribution < -0.4 is 5.32 Å². The summed E-state index contributed by atoms with van der Waals surface area (Å²) in [7, 11) is 0. The van der Waals surface area contributed by atoms with Crippen LogP contribution in [0.3, 0.4) is 0 Å².